The molecule has 1 aliphatic rings. The second-order valence-electron chi connectivity index (χ2n) is 6.59. The van der Waals surface area contributed by atoms with Crippen LogP contribution in [0, 0.1) is 0 Å². The molecule has 0 unspecified atom stereocenters. The summed E-state index contributed by atoms with van der Waals surface area (Å²) in [6.45, 7) is 0.885. The van der Waals surface area contributed by atoms with Gasteiger partial charge in [-0.2, -0.15) is 0 Å². The van der Waals surface area contributed by atoms with Gasteiger partial charge in [0.1, 0.15) is 17.0 Å². The first-order valence-corrected chi connectivity index (χ1v) is 9.92. The number of aryl methyl sites for hydroxylation is 2. The van der Waals surface area contributed by atoms with Gasteiger partial charge in [-0.1, -0.05) is 18.6 Å². The summed E-state index contributed by atoms with van der Waals surface area (Å²) < 4.78 is 0. The number of hydrogen-bond acceptors (Lipinski definition) is 5. The number of anilines is 2. The zero-order valence-corrected chi connectivity index (χ0v) is 15.5. The van der Waals surface area contributed by atoms with Crippen LogP contribution in [-0.4, -0.2) is 23.6 Å². The molecule has 4 rings (SSSR count). The molecule has 1 aromatic carbocycles. The highest BCUT2D eigenvalue weighted by Crippen LogP contribution is 2.37. The van der Waals surface area contributed by atoms with E-state index >= 15 is 0 Å². The van der Waals surface area contributed by atoms with Gasteiger partial charge in [0.05, 0.1) is 5.39 Å². The highest BCUT2D eigenvalue weighted by Gasteiger charge is 2.18. The van der Waals surface area contributed by atoms with Crippen LogP contribution in [0.15, 0.2) is 30.6 Å². The van der Waals surface area contributed by atoms with Gasteiger partial charge in [0, 0.05) is 24.2 Å². The lowest BCUT2D eigenvalue weighted by Gasteiger charge is -2.09. The molecule has 0 spiro atoms. The van der Waals surface area contributed by atoms with Gasteiger partial charge in [0.2, 0.25) is 0 Å². The van der Waals surface area contributed by atoms with Gasteiger partial charge in [-0.3, -0.25) is 0 Å². The number of nitrogens with zero attached hydrogens (tertiary/aromatic N) is 2. The van der Waals surface area contributed by atoms with Crippen molar-refractivity contribution in [2.75, 3.05) is 24.2 Å². The molecule has 0 saturated heterocycles. The summed E-state index contributed by atoms with van der Waals surface area (Å²) in [4.78, 5) is 11.7. The van der Waals surface area contributed by atoms with E-state index in [1.165, 1.54) is 53.5 Å². The first-order chi connectivity index (χ1) is 12.3. The van der Waals surface area contributed by atoms with E-state index < -0.39 is 0 Å². The lowest BCUT2D eigenvalue weighted by molar-refractivity contribution is 0.713. The second-order valence-corrected chi connectivity index (χ2v) is 7.67. The Morgan fingerprint density at radius 1 is 1.04 bits per heavy atom. The van der Waals surface area contributed by atoms with Crippen molar-refractivity contribution in [3.05, 3.63) is 46.6 Å². The molecular formula is C20H24N4S. The summed E-state index contributed by atoms with van der Waals surface area (Å²) in [6.07, 6.45) is 8.98. The van der Waals surface area contributed by atoms with E-state index in [-0.39, 0.29) is 0 Å². The van der Waals surface area contributed by atoms with Crippen LogP contribution in [0.5, 0.6) is 0 Å². The number of benzene rings is 1. The van der Waals surface area contributed by atoms with Crippen LogP contribution < -0.4 is 10.6 Å². The van der Waals surface area contributed by atoms with Crippen molar-refractivity contribution >= 4 is 33.1 Å². The van der Waals surface area contributed by atoms with Crippen LogP contribution in [0.3, 0.4) is 0 Å². The molecule has 1 aliphatic carbocycles. The zero-order valence-electron chi connectivity index (χ0n) is 14.6. The van der Waals surface area contributed by atoms with Gasteiger partial charge in [0.25, 0.3) is 0 Å². The Morgan fingerprint density at radius 3 is 2.72 bits per heavy atom. The molecular weight excluding hydrogens is 328 g/mol. The summed E-state index contributed by atoms with van der Waals surface area (Å²) in [5.74, 6) is 1.01. The van der Waals surface area contributed by atoms with Crippen molar-refractivity contribution in [2.45, 2.75) is 38.5 Å². The first-order valence-electron chi connectivity index (χ1n) is 9.11. The average Bonchev–Trinajstić information content (AvgIpc) is 2.85. The van der Waals surface area contributed by atoms with E-state index in [0.717, 1.165) is 29.3 Å². The lowest BCUT2D eigenvalue weighted by Crippen LogP contribution is -2.07. The quantitative estimate of drug-likeness (QED) is 0.656. The molecule has 0 amide bonds. The molecule has 3 aromatic rings. The SMILES string of the molecule is CNc1ccc(CCNc2ncnc3sc4c(c23)CCCCC4)cc1. The molecule has 2 N–H and O–H groups in total. The number of rotatable bonds is 5. The molecule has 5 heteroatoms. The van der Waals surface area contributed by atoms with Crippen LogP contribution in [-0.2, 0) is 19.3 Å². The minimum atomic E-state index is 0.885. The molecule has 130 valence electrons. The monoisotopic (exact) mass is 352 g/mol. The van der Waals surface area contributed by atoms with Gasteiger partial charge >= 0.3 is 0 Å². The minimum absolute atomic E-state index is 0.885. The average molecular weight is 353 g/mol. The standard InChI is InChI=1S/C20H24N4S/c1-21-15-9-7-14(8-10-15)11-12-22-19-18-16-5-3-2-4-6-17(16)25-20(18)24-13-23-19/h7-10,13,21H,2-6,11-12H2,1H3,(H,22,23,24). The van der Waals surface area contributed by atoms with Crippen molar-refractivity contribution in [1.82, 2.24) is 9.97 Å². The topological polar surface area (TPSA) is 49.8 Å². The molecule has 25 heavy (non-hydrogen) atoms. The summed E-state index contributed by atoms with van der Waals surface area (Å²) >= 11 is 1.86. The van der Waals surface area contributed by atoms with Crippen molar-refractivity contribution in [3.63, 3.8) is 0 Å². The Morgan fingerprint density at radius 2 is 1.88 bits per heavy atom. The molecule has 4 nitrogen and oxygen atoms in total. The largest absolute Gasteiger partial charge is 0.388 e. The fourth-order valence-corrected chi connectivity index (χ4v) is 4.79. The van der Waals surface area contributed by atoms with Gasteiger partial charge in [-0.05, 0) is 55.4 Å². The fraction of sp³-hybridized carbons (Fsp3) is 0.400. The van der Waals surface area contributed by atoms with Gasteiger partial charge < -0.3 is 10.6 Å². The van der Waals surface area contributed by atoms with Gasteiger partial charge in [0.15, 0.2) is 0 Å². The van der Waals surface area contributed by atoms with Crippen molar-refractivity contribution in [2.24, 2.45) is 0 Å². The molecule has 0 radical (unpaired) electrons. The van der Waals surface area contributed by atoms with Crippen LogP contribution in [0.2, 0.25) is 0 Å². The third-order valence-corrected chi connectivity index (χ3v) is 6.15. The predicted molar refractivity (Wildman–Crippen MR) is 107 cm³/mol. The molecule has 0 saturated carbocycles. The van der Waals surface area contributed by atoms with Crippen LogP contribution in [0.1, 0.15) is 35.3 Å². The lowest BCUT2D eigenvalue weighted by atomic mass is 10.1. The highest BCUT2D eigenvalue weighted by molar-refractivity contribution is 7.18. The van der Waals surface area contributed by atoms with Crippen molar-refractivity contribution < 1.29 is 0 Å². The van der Waals surface area contributed by atoms with Crippen LogP contribution in [0.25, 0.3) is 10.2 Å². The van der Waals surface area contributed by atoms with E-state index in [0.29, 0.717) is 0 Å². The maximum Gasteiger partial charge on any atom is 0.138 e. The van der Waals surface area contributed by atoms with Crippen LogP contribution in [0.4, 0.5) is 11.5 Å². The molecule has 0 atom stereocenters. The molecule has 0 bridgehead atoms. The van der Waals surface area contributed by atoms with E-state index in [1.807, 2.05) is 18.4 Å². The molecule has 2 heterocycles. The number of nitrogens with one attached hydrogen (secondary N) is 2. The Hall–Kier alpha value is -2.14. The fourth-order valence-electron chi connectivity index (χ4n) is 3.56. The summed E-state index contributed by atoms with van der Waals surface area (Å²) in [5.41, 5.74) is 3.98. The Kier molecular flexibility index (Phi) is 4.83. The smallest absolute Gasteiger partial charge is 0.138 e. The number of aromatic nitrogens is 2. The predicted octanol–water partition coefficient (Wildman–Crippen LogP) is 4.66. The molecule has 0 aliphatic heterocycles. The second kappa shape index (κ2) is 7.40. The number of fused-ring (bicyclic) bond motifs is 3. The number of hydrogen-bond donors (Lipinski definition) is 2. The first kappa shape index (κ1) is 16.3. The molecule has 2 aromatic heterocycles. The maximum absolute atomic E-state index is 4.55. The van der Waals surface area contributed by atoms with Gasteiger partial charge in [-0.15, -0.1) is 11.3 Å². The highest BCUT2D eigenvalue weighted by atomic mass is 32.1. The van der Waals surface area contributed by atoms with E-state index in [2.05, 4.69) is 44.9 Å². The van der Waals surface area contributed by atoms with Crippen molar-refractivity contribution in [3.8, 4) is 0 Å². The summed E-state index contributed by atoms with van der Waals surface area (Å²) in [6, 6.07) is 8.60. The normalized spacial score (nSPS) is 14.1. The van der Waals surface area contributed by atoms with E-state index in [9.17, 15) is 0 Å². The van der Waals surface area contributed by atoms with E-state index in [4.69, 9.17) is 0 Å². The summed E-state index contributed by atoms with van der Waals surface area (Å²) in [5, 5.41) is 7.99. The Balaban J connectivity index is 1.51. The van der Waals surface area contributed by atoms with Crippen molar-refractivity contribution in [1.29, 1.82) is 0 Å². The Bertz CT molecular complexity index is 854. The van der Waals surface area contributed by atoms with E-state index in [1.54, 1.807) is 6.33 Å². The zero-order chi connectivity index (χ0) is 17.1. The third kappa shape index (κ3) is 3.47. The Labute approximate surface area is 152 Å². The van der Waals surface area contributed by atoms with Crippen LogP contribution >= 0.6 is 11.3 Å². The number of thiophene rings is 1. The maximum atomic E-state index is 4.55. The minimum Gasteiger partial charge on any atom is -0.388 e. The molecule has 0 fully saturated rings. The van der Waals surface area contributed by atoms with Gasteiger partial charge in [-0.25, -0.2) is 9.97 Å². The summed E-state index contributed by atoms with van der Waals surface area (Å²) in [7, 11) is 1.95. The third-order valence-electron chi connectivity index (χ3n) is 4.95.